The number of benzene rings is 1. The molecule has 1 aromatic rings. The Labute approximate surface area is 119 Å². The minimum Gasteiger partial charge on any atom is -0.326 e. The van der Waals surface area contributed by atoms with Crippen molar-refractivity contribution in [2.45, 2.75) is 37.6 Å². The van der Waals surface area contributed by atoms with E-state index in [-0.39, 0.29) is 17.2 Å². The number of nitrogens with one attached hydrogen (secondary N) is 2. The molecule has 20 heavy (non-hydrogen) atoms. The largest absolute Gasteiger partial charge is 0.326 e. The lowest BCUT2D eigenvalue weighted by molar-refractivity contribution is -0.117. The monoisotopic (exact) mass is 299 g/mol. The first kappa shape index (κ1) is 16.6. The topological polar surface area (TPSA) is 101 Å². The van der Waals surface area contributed by atoms with Gasteiger partial charge in [0.1, 0.15) is 0 Å². The Balaban J connectivity index is 3.00. The standard InChI is InChI=1S/C13H21N3O3S/c1-9-5-6-10(7-11(9)20(18,19)15-4)16-12(17)8-13(2,3)14/h5-7,15H,8,14H2,1-4H3,(H,16,17). The van der Waals surface area contributed by atoms with Crippen LogP contribution < -0.4 is 15.8 Å². The summed E-state index contributed by atoms with van der Waals surface area (Å²) >= 11 is 0. The molecule has 0 saturated heterocycles. The van der Waals surface area contributed by atoms with Gasteiger partial charge in [-0.05, 0) is 45.5 Å². The lowest BCUT2D eigenvalue weighted by atomic mass is 10.0. The van der Waals surface area contributed by atoms with Gasteiger partial charge in [0.15, 0.2) is 0 Å². The summed E-state index contributed by atoms with van der Waals surface area (Å²) in [7, 11) is -2.20. The molecule has 0 unspecified atom stereocenters. The van der Waals surface area contributed by atoms with Crippen molar-refractivity contribution in [3.63, 3.8) is 0 Å². The van der Waals surface area contributed by atoms with E-state index >= 15 is 0 Å². The van der Waals surface area contributed by atoms with E-state index in [0.29, 0.717) is 11.3 Å². The first-order valence-electron chi connectivity index (χ1n) is 6.18. The molecule has 7 heteroatoms. The Morgan fingerprint density at radius 2 is 1.95 bits per heavy atom. The van der Waals surface area contributed by atoms with Crippen molar-refractivity contribution in [2.24, 2.45) is 5.73 Å². The summed E-state index contributed by atoms with van der Waals surface area (Å²) in [6.45, 7) is 5.19. The van der Waals surface area contributed by atoms with Crippen molar-refractivity contribution in [3.8, 4) is 0 Å². The highest BCUT2D eigenvalue weighted by molar-refractivity contribution is 7.89. The van der Waals surface area contributed by atoms with Crippen LogP contribution in [0.25, 0.3) is 0 Å². The van der Waals surface area contributed by atoms with Gasteiger partial charge in [0.05, 0.1) is 4.90 Å². The van der Waals surface area contributed by atoms with Crippen molar-refractivity contribution in [3.05, 3.63) is 23.8 Å². The normalized spacial score (nSPS) is 12.2. The number of hydrogen-bond acceptors (Lipinski definition) is 4. The third-order valence-electron chi connectivity index (χ3n) is 2.65. The number of rotatable bonds is 5. The summed E-state index contributed by atoms with van der Waals surface area (Å²) in [5, 5.41) is 2.65. The van der Waals surface area contributed by atoms with Crippen LogP contribution in [0.15, 0.2) is 23.1 Å². The van der Waals surface area contributed by atoms with Crippen molar-refractivity contribution in [2.75, 3.05) is 12.4 Å². The predicted molar refractivity (Wildman–Crippen MR) is 78.9 cm³/mol. The molecule has 0 spiro atoms. The predicted octanol–water partition coefficient (Wildman–Crippen LogP) is 0.969. The third kappa shape index (κ3) is 4.59. The second kappa shape index (κ2) is 5.90. The average molecular weight is 299 g/mol. The van der Waals surface area contributed by atoms with Gasteiger partial charge in [0.2, 0.25) is 15.9 Å². The quantitative estimate of drug-likeness (QED) is 0.754. The van der Waals surface area contributed by atoms with E-state index in [1.54, 1.807) is 32.9 Å². The van der Waals surface area contributed by atoms with Crippen LogP contribution in [0.3, 0.4) is 0 Å². The van der Waals surface area contributed by atoms with Crippen molar-refractivity contribution < 1.29 is 13.2 Å². The molecule has 0 aliphatic heterocycles. The minimum atomic E-state index is -3.55. The Morgan fingerprint density at radius 1 is 1.35 bits per heavy atom. The lowest BCUT2D eigenvalue weighted by Gasteiger charge is -2.18. The number of hydrogen-bond donors (Lipinski definition) is 3. The summed E-state index contributed by atoms with van der Waals surface area (Å²) < 4.78 is 25.9. The Bertz CT molecular complexity index is 604. The van der Waals surface area contributed by atoms with Gasteiger partial charge < -0.3 is 11.1 Å². The maximum Gasteiger partial charge on any atom is 0.240 e. The highest BCUT2D eigenvalue weighted by Crippen LogP contribution is 2.20. The molecule has 0 heterocycles. The zero-order valence-electron chi connectivity index (χ0n) is 12.1. The second-order valence-corrected chi connectivity index (χ2v) is 7.26. The number of carbonyl (C=O) groups is 1. The van der Waals surface area contributed by atoms with Crippen LogP contribution in [0, 0.1) is 6.92 Å². The highest BCUT2D eigenvalue weighted by atomic mass is 32.2. The van der Waals surface area contributed by atoms with Gasteiger partial charge in [-0.2, -0.15) is 0 Å². The van der Waals surface area contributed by atoms with E-state index in [1.165, 1.54) is 13.1 Å². The molecule has 4 N–H and O–H groups in total. The zero-order valence-corrected chi connectivity index (χ0v) is 13.0. The van der Waals surface area contributed by atoms with E-state index in [1.807, 2.05) is 0 Å². The molecule has 0 bridgehead atoms. The molecule has 0 fully saturated rings. The maximum atomic E-state index is 11.8. The van der Waals surface area contributed by atoms with Gasteiger partial charge >= 0.3 is 0 Å². The van der Waals surface area contributed by atoms with Crippen LogP contribution in [0.1, 0.15) is 25.8 Å². The Hall–Kier alpha value is -1.44. The van der Waals surface area contributed by atoms with Gasteiger partial charge in [-0.25, -0.2) is 13.1 Å². The molecule has 112 valence electrons. The zero-order chi connectivity index (χ0) is 15.6. The molecular formula is C13H21N3O3S. The fourth-order valence-electron chi connectivity index (χ4n) is 1.70. The van der Waals surface area contributed by atoms with Crippen LogP contribution >= 0.6 is 0 Å². The first-order valence-corrected chi connectivity index (χ1v) is 7.66. The summed E-state index contributed by atoms with van der Waals surface area (Å²) in [6.07, 6.45) is 0.148. The van der Waals surface area contributed by atoms with Gasteiger partial charge in [-0.3, -0.25) is 4.79 Å². The fraction of sp³-hybridized carbons (Fsp3) is 0.462. The number of amides is 1. The van der Waals surface area contributed by atoms with E-state index in [0.717, 1.165) is 0 Å². The van der Waals surface area contributed by atoms with E-state index in [2.05, 4.69) is 10.0 Å². The van der Waals surface area contributed by atoms with Crippen LogP contribution in [0.4, 0.5) is 5.69 Å². The van der Waals surface area contributed by atoms with E-state index in [4.69, 9.17) is 5.73 Å². The fourth-order valence-corrected chi connectivity index (χ4v) is 2.69. The molecule has 1 amide bonds. The molecule has 0 aliphatic rings. The average Bonchev–Trinajstić information content (AvgIpc) is 2.29. The van der Waals surface area contributed by atoms with Crippen LogP contribution in [-0.2, 0) is 14.8 Å². The minimum absolute atomic E-state index is 0.143. The van der Waals surface area contributed by atoms with Crippen LogP contribution in [-0.4, -0.2) is 26.9 Å². The van der Waals surface area contributed by atoms with Gasteiger partial charge in [-0.1, -0.05) is 6.07 Å². The summed E-state index contributed by atoms with van der Waals surface area (Å²) in [4.78, 5) is 11.9. The maximum absolute atomic E-state index is 11.8. The van der Waals surface area contributed by atoms with Gasteiger partial charge in [-0.15, -0.1) is 0 Å². The molecule has 0 atom stereocenters. The summed E-state index contributed by atoms with van der Waals surface area (Å²) in [5.41, 5.74) is 6.19. The van der Waals surface area contributed by atoms with Gasteiger partial charge in [0.25, 0.3) is 0 Å². The summed E-state index contributed by atoms with van der Waals surface area (Å²) in [6, 6.07) is 4.74. The Kier molecular flexibility index (Phi) is 4.90. The first-order chi connectivity index (χ1) is 9.05. The van der Waals surface area contributed by atoms with Crippen molar-refractivity contribution >= 4 is 21.6 Å². The molecule has 1 aromatic carbocycles. The molecule has 1 rings (SSSR count). The lowest BCUT2D eigenvalue weighted by Crippen LogP contribution is -2.36. The third-order valence-corrected chi connectivity index (χ3v) is 4.20. The summed E-state index contributed by atoms with van der Waals surface area (Å²) in [5.74, 6) is -0.255. The van der Waals surface area contributed by atoms with Crippen LogP contribution in [0.5, 0.6) is 0 Å². The number of nitrogens with two attached hydrogens (primary N) is 1. The molecular weight excluding hydrogens is 278 g/mol. The molecule has 0 aliphatic carbocycles. The smallest absolute Gasteiger partial charge is 0.240 e. The SMILES string of the molecule is CNS(=O)(=O)c1cc(NC(=O)CC(C)(C)N)ccc1C. The highest BCUT2D eigenvalue weighted by Gasteiger charge is 2.18. The second-order valence-electron chi connectivity index (χ2n) is 5.40. The number of sulfonamides is 1. The number of carbonyl (C=O) groups excluding carboxylic acids is 1. The van der Waals surface area contributed by atoms with Crippen LogP contribution in [0.2, 0.25) is 0 Å². The molecule has 0 aromatic heterocycles. The van der Waals surface area contributed by atoms with E-state index in [9.17, 15) is 13.2 Å². The molecule has 6 nitrogen and oxygen atoms in total. The number of aryl methyl sites for hydroxylation is 1. The molecule has 0 radical (unpaired) electrons. The molecule has 0 saturated carbocycles. The van der Waals surface area contributed by atoms with E-state index < -0.39 is 15.6 Å². The van der Waals surface area contributed by atoms with Gasteiger partial charge in [0, 0.05) is 17.6 Å². The number of anilines is 1. The van der Waals surface area contributed by atoms with Crippen molar-refractivity contribution in [1.29, 1.82) is 0 Å². The Morgan fingerprint density at radius 3 is 2.45 bits per heavy atom. The van der Waals surface area contributed by atoms with Crippen molar-refractivity contribution in [1.82, 2.24) is 4.72 Å².